The fraction of sp³-hybridized carbons (Fsp3) is 0.300. The smallest absolute Gasteiger partial charge is 0.341 e. The number of esters is 1. The number of carbonyl (C=O) groups excluding carboxylic acids is 2. The Bertz CT molecular complexity index is 770. The number of carbonyl (C=O) groups is 2. The molecule has 1 N–H and O–H groups in total. The molecular formula is C20H23NO5. The summed E-state index contributed by atoms with van der Waals surface area (Å²) in [5.41, 5.74) is 2.38. The average molecular weight is 357 g/mol. The molecule has 6 nitrogen and oxygen atoms in total. The van der Waals surface area contributed by atoms with Crippen LogP contribution in [0.5, 0.6) is 11.5 Å². The van der Waals surface area contributed by atoms with Crippen molar-refractivity contribution >= 4 is 11.9 Å². The summed E-state index contributed by atoms with van der Waals surface area (Å²) in [5.74, 6) is -0.0896. The molecule has 1 amide bonds. The number of rotatable bonds is 7. The molecule has 0 aromatic heterocycles. The summed E-state index contributed by atoms with van der Waals surface area (Å²) in [7, 11) is 2.79. The van der Waals surface area contributed by atoms with Gasteiger partial charge in [-0.3, -0.25) is 4.79 Å². The number of amides is 1. The highest BCUT2D eigenvalue weighted by atomic mass is 16.5. The number of hydrogen-bond donors (Lipinski definition) is 1. The lowest BCUT2D eigenvalue weighted by molar-refractivity contribution is -0.127. The van der Waals surface area contributed by atoms with E-state index in [1.165, 1.54) is 20.3 Å². The van der Waals surface area contributed by atoms with Gasteiger partial charge < -0.3 is 19.5 Å². The zero-order valence-corrected chi connectivity index (χ0v) is 15.4. The number of nitrogens with one attached hydrogen (secondary N) is 1. The summed E-state index contributed by atoms with van der Waals surface area (Å²) in [6, 6.07) is 12.6. The summed E-state index contributed by atoms with van der Waals surface area (Å²) >= 11 is 0. The van der Waals surface area contributed by atoms with Crippen LogP contribution in [0.15, 0.2) is 42.5 Å². The predicted molar refractivity (Wildman–Crippen MR) is 97.4 cm³/mol. The Morgan fingerprint density at radius 1 is 1.08 bits per heavy atom. The lowest BCUT2D eigenvalue weighted by atomic mass is 10.1. The molecule has 0 radical (unpaired) electrons. The van der Waals surface area contributed by atoms with Crippen molar-refractivity contribution < 1.29 is 23.8 Å². The molecule has 0 bridgehead atoms. The van der Waals surface area contributed by atoms with Gasteiger partial charge in [0, 0.05) is 12.6 Å². The van der Waals surface area contributed by atoms with Crippen molar-refractivity contribution in [1.82, 2.24) is 5.32 Å². The summed E-state index contributed by atoms with van der Waals surface area (Å²) in [6.45, 7) is 4.02. The fourth-order valence-corrected chi connectivity index (χ4v) is 2.29. The first kappa shape index (κ1) is 19.3. The van der Waals surface area contributed by atoms with Gasteiger partial charge in [-0.2, -0.15) is 0 Å². The van der Waals surface area contributed by atoms with Gasteiger partial charge in [0.15, 0.2) is 6.10 Å². The summed E-state index contributed by atoms with van der Waals surface area (Å²) in [5, 5.41) is 2.82. The first-order valence-corrected chi connectivity index (χ1v) is 8.21. The van der Waals surface area contributed by atoms with E-state index < -0.39 is 12.1 Å². The summed E-state index contributed by atoms with van der Waals surface area (Å²) in [6.07, 6.45) is -0.795. The van der Waals surface area contributed by atoms with E-state index in [9.17, 15) is 9.59 Å². The minimum absolute atomic E-state index is 0.228. The number of hydrogen-bond acceptors (Lipinski definition) is 5. The van der Waals surface area contributed by atoms with Crippen molar-refractivity contribution in [3.63, 3.8) is 0 Å². The molecule has 0 aliphatic heterocycles. The molecule has 2 aromatic carbocycles. The second-order valence-corrected chi connectivity index (χ2v) is 5.82. The van der Waals surface area contributed by atoms with Crippen LogP contribution in [0.3, 0.4) is 0 Å². The number of ether oxygens (including phenoxy) is 3. The molecular weight excluding hydrogens is 334 g/mol. The molecule has 138 valence electrons. The minimum atomic E-state index is -0.795. The Labute approximate surface area is 153 Å². The first-order valence-electron chi connectivity index (χ1n) is 8.21. The van der Waals surface area contributed by atoms with Gasteiger partial charge in [-0.15, -0.1) is 0 Å². The van der Waals surface area contributed by atoms with Crippen molar-refractivity contribution in [1.29, 1.82) is 0 Å². The van der Waals surface area contributed by atoms with Crippen molar-refractivity contribution in [2.24, 2.45) is 0 Å². The maximum atomic E-state index is 12.3. The van der Waals surface area contributed by atoms with E-state index in [1.54, 1.807) is 19.1 Å². The van der Waals surface area contributed by atoms with Gasteiger partial charge in [-0.1, -0.05) is 29.8 Å². The first-order chi connectivity index (χ1) is 12.4. The second kappa shape index (κ2) is 8.89. The second-order valence-electron chi connectivity index (χ2n) is 5.82. The van der Waals surface area contributed by atoms with Crippen molar-refractivity contribution in [2.45, 2.75) is 26.5 Å². The highest BCUT2D eigenvalue weighted by molar-refractivity contribution is 5.93. The normalized spacial score (nSPS) is 11.4. The lowest BCUT2D eigenvalue weighted by Crippen LogP contribution is -2.36. The van der Waals surface area contributed by atoms with Crippen molar-refractivity contribution in [3.8, 4) is 11.5 Å². The van der Waals surface area contributed by atoms with E-state index in [-0.39, 0.29) is 17.2 Å². The predicted octanol–water partition coefficient (Wildman–Crippen LogP) is 2.87. The van der Waals surface area contributed by atoms with Crippen LogP contribution in [0, 0.1) is 6.92 Å². The van der Waals surface area contributed by atoms with Crippen LogP contribution < -0.4 is 14.8 Å². The van der Waals surface area contributed by atoms with Crippen LogP contribution in [-0.4, -0.2) is 32.2 Å². The Hall–Kier alpha value is -3.02. The van der Waals surface area contributed by atoms with Crippen molar-refractivity contribution in [2.75, 3.05) is 14.2 Å². The van der Waals surface area contributed by atoms with Crippen LogP contribution in [0.2, 0.25) is 0 Å². The Balaban J connectivity index is 2.05. The lowest BCUT2D eigenvalue weighted by Gasteiger charge is -2.17. The Morgan fingerprint density at radius 3 is 2.38 bits per heavy atom. The Morgan fingerprint density at radius 2 is 1.77 bits per heavy atom. The van der Waals surface area contributed by atoms with Gasteiger partial charge >= 0.3 is 5.97 Å². The van der Waals surface area contributed by atoms with Gasteiger partial charge in [0.1, 0.15) is 17.1 Å². The molecule has 0 saturated carbocycles. The van der Waals surface area contributed by atoms with E-state index in [4.69, 9.17) is 14.2 Å². The third-order valence-corrected chi connectivity index (χ3v) is 3.85. The molecule has 2 rings (SSSR count). The van der Waals surface area contributed by atoms with Gasteiger partial charge in [-0.25, -0.2) is 4.79 Å². The van der Waals surface area contributed by atoms with Crippen LogP contribution in [-0.2, 0) is 16.1 Å². The van der Waals surface area contributed by atoms with Gasteiger partial charge in [0.2, 0.25) is 0 Å². The fourth-order valence-electron chi connectivity index (χ4n) is 2.29. The van der Waals surface area contributed by atoms with Crippen LogP contribution in [0.25, 0.3) is 0 Å². The SMILES string of the molecule is COC(=O)c1ccc(OC)cc1OC(C)C(=O)NCc1ccc(C)cc1. The minimum Gasteiger partial charge on any atom is -0.497 e. The topological polar surface area (TPSA) is 73.9 Å². The maximum absolute atomic E-state index is 12.3. The number of aryl methyl sites for hydroxylation is 1. The van der Waals surface area contributed by atoms with Crippen LogP contribution in [0.4, 0.5) is 0 Å². The molecule has 2 aromatic rings. The zero-order chi connectivity index (χ0) is 19.1. The quantitative estimate of drug-likeness (QED) is 0.772. The zero-order valence-electron chi connectivity index (χ0n) is 15.4. The Kier molecular flexibility index (Phi) is 6.60. The molecule has 0 aliphatic carbocycles. The molecule has 0 fully saturated rings. The molecule has 6 heteroatoms. The molecule has 0 aliphatic rings. The van der Waals surface area contributed by atoms with Gasteiger partial charge in [-0.05, 0) is 31.5 Å². The van der Waals surface area contributed by atoms with E-state index in [2.05, 4.69) is 5.32 Å². The third kappa shape index (κ3) is 4.99. The molecule has 1 atom stereocenters. The van der Waals surface area contributed by atoms with E-state index in [0.29, 0.717) is 12.3 Å². The molecule has 0 saturated heterocycles. The monoisotopic (exact) mass is 357 g/mol. The average Bonchev–Trinajstić information content (AvgIpc) is 2.66. The third-order valence-electron chi connectivity index (χ3n) is 3.85. The number of benzene rings is 2. The molecule has 0 spiro atoms. The standard InChI is InChI=1S/C20H23NO5/c1-13-5-7-15(8-6-13)12-21-19(22)14(2)26-18-11-16(24-3)9-10-17(18)20(23)25-4/h5-11,14H,12H2,1-4H3,(H,21,22). The van der Waals surface area contributed by atoms with Crippen LogP contribution >= 0.6 is 0 Å². The molecule has 0 heterocycles. The molecule has 26 heavy (non-hydrogen) atoms. The van der Waals surface area contributed by atoms with Gasteiger partial charge in [0.25, 0.3) is 5.91 Å². The van der Waals surface area contributed by atoms with E-state index in [1.807, 2.05) is 31.2 Å². The largest absolute Gasteiger partial charge is 0.497 e. The van der Waals surface area contributed by atoms with Gasteiger partial charge in [0.05, 0.1) is 14.2 Å². The maximum Gasteiger partial charge on any atom is 0.341 e. The van der Waals surface area contributed by atoms with E-state index in [0.717, 1.165) is 11.1 Å². The van der Waals surface area contributed by atoms with E-state index >= 15 is 0 Å². The summed E-state index contributed by atoms with van der Waals surface area (Å²) < 4.78 is 15.6. The summed E-state index contributed by atoms with van der Waals surface area (Å²) in [4.78, 5) is 24.2. The highest BCUT2D eigenvalue weighted by Gasteiger charge is 2.20. The van der Waals surface area contributed by atoms with Crippen molar-refractivity contribution in [3.05, 3.63) is 59.2 Å². The highest BCUT2D eigenvalue weighted by Crippen LogP contribution is 2.26. The molecule has 1 unspecified atom stereocenters. The van der Waals surface area contributed by atoms with Crippen LogP contribution in [0.1, 0.15) is 28.4 Å². The number of methoxy groups -OCH3 is 2.